The van der Waals surface area contributed by atoms with E-state index in [4.69, 9.17) is 5.73 Å². The average molecular weight is 289 g/mol. The van der Waals surface area contributed by atoms with Gasteiger partial charge in [-0.15, -0.1) is 11.3 Å². The quantitative estimate of drug-likeness (QED) is 0.871. The lowest BCUT2D eigenvalue weighted by atomic mass is 10.4. The van der Waals surface area contributed by atoms with E-state index in [1.165, 1.54) is 22.8 Å². The molecule has 17 heavy (non-hydrogen) atoms. The maximum atomic E-state index is 11.8. The Morgan fingerprint density at radius 2 is 2.47 bits per heavy atom. The Balaban J connectivity index is 1.80. The summed E-state index contributed by atoms with van der Waals surface area (Å²) in [5.41, 5.74) is 5.95. The van der Waals surface area contributed by atoms with Crippen molar-refractivity contribution >= 4 is 40.8 Å². The van der Waals surface area contributed by atoms with Crippen molar-refractivity contribution in [3.63, 3.8) is 0 Å². The predicted octanol–water partition coefficient (Wildman–Crippen LogP) is 1.18. The number of carbonyl (C=O) groups excluding carboxylic acids is 1. The molecule has 0 saturated carbocycles. The number of nitrogens with zero attached hydrogens (tertiary/aromatic N) is 1. The third-order valence-corrected chi connectivity index (χ3v) is 6.05. The van der Waals surface area contributed by atoms with E-state index in [0.29, 0.717) is 17.5 Å². The van der Waals surface area contributed by atoms with Gasteiger partial charge in [0.2, 0.25) is 0 Å². The molecular weight excluding hydrogens is 274 g/mol. The van der Waals surface area contributed by atoms with Gasteiger partial charge in [-0.1, -0.05) is 0 Å². The highest BCUT2D eigenvalue weighted by Gasteiger charge is 2.16. The zero-order chi connectivity index (χ0) is 12.1. The van der Waals surface area contributed by atoms with Crippen LogP contribution in [0.5, 0.6) is 0 Å². The molecule has 1 unspecified atom stereocenters. The first kappa shape index (κ1) is 13.2. The monoisotopic (exact) mass is 289 g/mol. The van der Waals surface area contributed by atoms with Gasteiger partial charge in [0, 0.05) is 41.0 Å². The van der Waals surface area contributed by atoms with Crippen molar-refractivity contribution in [2.24, 2.45) is 5.73 Å². The third-order valence-electron chi connectivity index (χ3n) is 2.33. The van der Waals surface area contributed by atoms with Gasteiger partial charge in [-0.25, -0.2) is 4.98 Å². The van der Waals surface area contributed by atoms with Gasteiger partial charge in [0.25, 0.3) is 5.91 Å². The fraction of sp³-hybridized carbons (Fsp3) is 0.600. The summed E-state index contributed by atoms with van der Waals surface area (Å²) in [7, 11) is 0. The molecular formula is C10H15N3OS3. The molecule has 1 amide bonds. The van der Waals surface area contributed by atoms with Crippen LogP contribution >= 0.6 is 34.9 Å². The lowest BCUT2D eigenvalue weighted by Crippen LogP contribution is -2.33. The first-order chi connectivity index (χ1) is 8.29. The van der Waals surface area contributed by atoms with Crippen LogP contribution in [-0.2, 0) is 6.54 Å². The molecule has 7 heteroatoms. The Morgan fingerprint density at radius 3 is 3.12 bits per heavy atom. The summed E-state index contributed by atoms with van der Waals surface area (Å²) in [6, 6.07) is 0. The van der Waals surface area contributed by atoms with Crippen LogP contribution in [0.4, 0.5) is 0 Å². The van der Waals surface area contributed by atoms with E-state index in [1.54, 1.807) is 5.38 Å². The second-order valence-electron chi connectivity index (χ2n) is 3.61. The average Bonchev–Trinajstić information content (AvgIpc) is 2.86. The number of nitrogens with two attached hydrogens (primary N) is 1. The molecule has 1 saturated heterocycles. The van der Waals surface area contributed by atoms with Crippen molar-refractivity contribution in [2.75, 3.05) is 23.8 Å². The highest BCUT2D eigenvalue weighted by atomic mass is 32.2. The van der Waals surface area contributed by atoms with E-state index in [0.717, 1.165) is 17.3 Å². The maximum Gasteiger partial charge on any atom is 0.270 e. The number of amides is 1. The zero-order valence-electron chi connectivity index (χ0n) is 9.35. The van der Waals surface area contributed by atoms with Gasteiger partial charge in [0.1, 0.15) is 10.7 Å². The normalized spacial score (nSPS) is 20.2. The maximum absolute atomic E-state index is 11.8. The lowest BCUT2D eigenvalue weighted by molar-refractivity contribution is 0.0950. The van der Waals surface area contributed by atoms with Crippen LogP contribution in [0, 0.1) is 0 Å². The molecule has 1 fully saturated rings. The minimum Gasteiger partial charge on any atom is -0.350 e. The van der Waals surface area contributed by atoms with Crippen molar-refractivity contribution in [1.82, 2.24) is 10.3 Å². The van der Waals surface area contributed by atoms with Crippen LogP contribution in [0.3, 0.4) is 0 Å². The summed E-state index contributed by atoms with van der Waals surface area (Å²) in [5, 5.41) is 6.04. The van der Waals surface area contributed by atoms with E-state index in [-0.39, 0.29) is 5.91 Å². The molecule has 94 valence electrons. The second-order valence-corrected chi connectivity index (χ2v) is 7.11. The largest absolute Gasteiger partial charge is 0.350 e. The van der Waals surface area contributed by atoms with Crippen LogP contribution in [-0.4, -0.2) is 39.9 Å². The van der Waals surface area contributed by atoms with Crippen LogP contribution in [0.1, 0.15) is 15.5 Å². The summed E-state index contributed by atoms with van der Waals surface area (Å²) in [4.78, 5) is 16.0. The molecule has 2 heterocycles. The van der Waals surface area contributed by atoms with Crippen molar-refractivity contribution in [1.29, 1.82) is 0 Å². The molecule has 2 rings (SSSR count). The van der Waals surface area contributed by atoms with Gasteiger partial charge in [-0.2, -0.15) is 23.5 Å². The smallest absolute Gasteiger partial charge is 0.270 e. The Labute approximate surface area is 113 Å². The SMILES string of the molecule is NCc1nc(C(=O)NCC2CSCCS2)cs1. The van der Waals surface area contributed by atoms with Crippen LogP contribution in [0.2, 0.25) is 0 Å². The topological polar surface area (TPSA) is 68.0 Å². The standard InChI is InChI=1S/C10H15N3OS3/c11-3-9-13-8(6-17-9)10(14)12-4-7-5-15-1-2-16-7/h6-7H,1-5,11H2,(H,12,14). The highest BCUT2D eigenvalue weighted by molar-refractivity contribution is 8.06. The molecule has 1 aromatic heterocycles. The van der Waals surface area contributed by atoms with Gasteiger partial charge in [-0.3, -0.25) is 4.79 Å². The molecule has 0 bridgehead atoms. The third kappa shape index (κ3) is 3.87. The number of hydrogen-bond acceptors (Lipinski definition) is 6. The highest BCUT2D eigenvalue weighted by Crippen LogP contribution is 2.23. The minimum atomic E-state index is -0.0860. The lowest BCUT2D eigenvalue weighted by Gasteiger charge is -2.20. The number of nitrogens with one attached hydrogen (secondary N) is 1. The zero-order valence-corrected chi connectivity index (χ0v) is 11.8. The molecule has 0 aromatic carbocycles. The minimum absolute atomic E-state index is 0.0860. The number of thiazole rings is 1. The molecule has 1 aliphatic rings. The summed E-state index contributed by atoms with van der Waals surface area (Å²) < 4.78 is 0. The number of hydrogen-bond donors (Lipinski definition) is 2. The van der Waals surface area contributed by atoms with Crippen molar-refractivity contribution in [3.05, 3.63) is 16.1 Å². The summed E-state index contributed by atoms with van der Waals surface area (Å²) >= 11 is 5.33. The first-order valence-corrected chi connectivity index (χ1v) is 8.50. The number of aromatic nitrogens is 1. The second kappa shape index (κ2) is 6.63. The molecule has 1 aliphatic heterocycles. The molecule has 1 atom stereocenters. The molecule has 0 spiro atoms. The van der Waals surface area contributed by atoms with Crippen LogP contribution in [0.25, 0.3) is 0 Å². The van der Waals surface area contributed by atoms with E-state index in [9.17, 15) is 4.79 Å². The van der Waals surface area contributed by atoms with Gasteiger partial charge >= 0.3 is 0 Å². The van der Waals surface area contributed by atoms with E-state index >= 15 is 0 Å². The van der Waals surface area contributed by atoms with Gasteiger partial charge in [-0.05, 0) is 0 Å². The van der Waals surface area contributed by atoms with Crippen molar-refractivity contribution in [3.8, 4) is 0 Å². The summed E-state index contributed by atoms with van der Waals surface area (Å²) in [6.45, 7) is 1.12. The molecule has 1 aromatic rings. The van der Waals surface area contributed by atoms with Gasteiger partial charge in [0.05, 0.1) is 0 Å². The van der Waals surface area contributed by atoms with Crippen LogP contribution < -0.4 is 11.1 Å². The Hall–Kier alpha value is -0.240. The first-order valence-electron chi connectivity index (χ1n) is 5.41. The summed E-state index contributed by atoms with van der Waals surface area (Å²) in [6.07, 6.45) is 0. The van der Waals surface area contributed by atoms with E-state index < -0.39 is 0 Å². The molecule has 0 radical (unpaired) electrons. The van der Waals surface area contributed by atoms with E-state index in [2.05, 4.69) is 10.3 Å². The summed E-state index contributed by atoms with van der Waals surface area (Å²) in [5.74, 6) is 3.44. The number of thioether (sulfide) groups is 2. The molecule has 4 nitrogen and oxygen atoms in total. The van der Waals surface area contributed by atoms with Gasteiger partial charge in [0.15, 0.2) is 0 Å². The number of rotatable bonds is 4. The van der Waals surface area contributed by atoms with Crippen LogP contribution in [0.15, 0.2) is 5.38 Å². The fourth-order valence-corrected chi connectivity index (χ4v) is 4.73. The molecule has 0 aliphatic carbocycles. The van der Waals surface area contributed by atoms with Crippen molar-refractivity contribution in [2.45, 2.75) is 11.8 Å². The Kier molecular flexibility index (Phi) is 5.15. The number of carbonyl (C=O) groups is 1. The Bertz CT molecular complexity index is 377. The van der Waals surface area contributed by atoms with Gasteiger partial charge < -0.3 is 11.1 Å². The predicted molar refractivity (Wildman–Crippen MR) is 75.9 cm³/mol. The van der Waals surface area contributed by atoms with E-state index in [1.807, 2.05) is 23.5 Å². The Morgan fingerprint density at radius 1 is 1.59 bits per heavy atom. The molecule has 3 N–H and O–H groups in total. The fourth-order valence-electron chi connectivity index (χ4n) is 1.46. The van der Waals surface area contributed by atoms with Crippen molar-refractivity contribution < 1.29 is 4.79 Å².